The van der Waals surface area contributed by atoms with Crippen molar-refractivity contribution in [3.63, 3.8) is 0 Å². The van der Waals surface area contributed by atoms with E-state index >= 15 is 0 Å². The van der Waals surface area contributed by atoms with Crippen molar-refractivity contribution >= 4 is 11.8 Å². The van der Waals surface area contributed by atoms with Crippen molar-refractivity contribution in [2.24, 2.45) is 4.99 Å². The lowest BCUT2D eigenvalue weighted by Crippen LogP contribution is -2.06. The molecule has 2 rings (SSSR count). The van der Waals surface area contributed by atoms with Gasteiger partial charge in [-0.3, -0.25) is 10.1 Å². The number of non-ortho nitro benzene ring substituents is 1. The monoisotopic (exact) mass is 234 g/mol. The molecule has 0 bridgehead atoms. The summed E-state index contributed by atoms with van der Waals surface area (Å²) in [5.41, 5.74) is -0.121. The van der Waals surface area contributed by atoms with Crippen LogP contribution in [0.15, 0.2) is 23.2 Å². The summed E-state index contributed by atoms with van der Waals surface area (Å²) < 4.78 is 5.14. The number of hydrogen-bond acceptors (Lipinski definition) is 5. The van der Waals surface area contributed by atoms with E-state index in [1.54, 1.807) is 0 Å². The number of aliphatic imine (C=N–C) groups is 1. The van der Waals surface area contributed by atoms with Gasteiger partial charge in [0.1, 0.15) is 11.3 Å². The Morgan fingerprint density at radius 2 is 2.24 bits per heavy atom. The SMILES string of the molecule is COc1ccc([N+](=O)[O-])cc1C1(N=C=O)CC1. The highest BCUT2D eigenvalue weighted by Gasteiger charge is 2.47. The van der Waals surface area contributed by atoms with Gasteiger partial charge in [-0.1, -0.05) is 0 Å². The molecule has 1 aliphatic carbocycles. The number of hydrogen-bond donors (Lipinski definition) is 0. The van der Waals surface area contributed by atoms with Crippen molar-refractivity contribution in [3.05, 3.63) is 33.9 Å². The largest absolute Gasteiger partial charge is 0.496 e. The first kappa shape index (κ1) is 11.3. The van der Waals surface area contributed by atoms with E-state index in [1.165, 1.54) is 31.4 Å². The molecule has 1 fully saturated rings. The Labute approximate surface area is 97.1 Å². The average molecular weight is 234 g/mol. The minimum atomic E-state index is -0.668. The van der Waals surface area contributed by atoms with Crippen molar-refractivity contribution in [3.8, 4) is 5.75 Å². The second-order valence-corrected chi connectivity index (χ2v) is 3.88. The first-order valence-electron chi connectivity index (χ1n) is 5.05. The third-order valence-electron chi connectivity index (χ3n) is 2.88. The van der Waals surface area contributed by atoms with E-state index in [0.717, 1.165) is 0 Å². The molecular formula is C11H10N2O4. The molecule has 0 aliphatic heterocycles. The Bertz CT molecular complexity index is 516. The van der Waals surface area contributed by atoms with Crippen molar-refractivity contribution in [2.45, 2.75) is 18.4 Å². The van der Waals surface area contributed by atoms with E-state index in [4.69, 9.17) is 4.74 Å². The molecule has 0 aromatic heterocycles. The zero-order valence-corrected chi connectivity index (χ0v) is 9.17. The first-order chi connectivity index (χ1) is 8.13. The number of carbonyl (C=O) groups excluding carboxylic acids is 1. The molecular weight excluding hydrogens is 224 g/mol. The molecule has 1 aromatic carbocycles. The summed E-state index contributed by atoms with van der Waals surface area (Å²) in [5, 5.41) is 10.7. The molecule has 88 valence electrons. The maximum absolute atomic E-state index is 10.7. The Morgan fingerprint density at radius 1 is 1.53 bits per heavy atom. The van der Waals surface area contributed by atoms with Gasteiger partial charge in [0.15, 0.2) is 0 Å². The van der Waals surface area contributed by atoms with Crippen molar-refractivity contribution in [1.29, 1.82) is 0 Å². The second kappa shape index (κ2) is 3.99. The minimum Gasteiger partial charge on any atom is -0.496 e. The zero-order valence-electron chi connectivity index (χ0n) is 9.17. The Hall–Kier alpha value is -2.20. The molecule has 0 amide bonds. The molecule has 0 N–H and O–H groups in total. The van der Waals surface area contributed by atoms with Gasteiger partial charge in [-0.25, -0.2) is 4.79 Å². The molecule has 0 spiro atoms. The lowest BCUT2D eigenvalue weighted by atomic mass is 10.0. The third-order valence-corrected chi connectivity index (χ3v) is 2.88. The van der Waals surface area contributed by atoms with Crippen LogP contribution in [0.4, 0.5) is 5.69 Å². The first-order valence-corrected chi connectivity index (χ1v) is 5.05. The highest BCUT2D eigenvalue weighted by molar-refractivity contribution is 5.52. The molecule has 1 saturated carbocycles. The topological polar surface area (TPSA) is 81.8 Å². The highest BCUT2D eigenvalue weighted by atomic mass is 16.6. The van der Waals surface area contributed by atoms with Gasteiger partial charge in [-0.15, -0.1) is 0 Å². The minimum absolute atomic E-state index is 0.0341. The average Bonchev–Trinajstić information content (AvgIpc) is 3.09. The third kappa shape index (κ3) is 1.90. The van der Waals surface area contributed by atoms with Gasteiger partial charge >= 0.3 is 0 Å². The molecule has 6 nitrogen and oxygen atoms in total. The summed E-state index contributed by atoms with van der Waals surface area (Å²) >= 11 is 0. The number of isocyanates is 1. The van der Waals surface area contributed by atoms with Crippen LogP contribution in [0.2, 0.25) is 0 Å². The van der Waals surface area contributed by atoms with Gasteiger partial charge in [-0.2, -0.15) is 4.99 Å². The fraction of sp³-hybridized carbons (Fsp3) is 0.364. The van der Waals surface area contributed by atoms with E-state index in [9.17, 15) is 14.9 Å². The molecule has 0 saturated heterocycles. The summed E-state index contributed by atoms with van der Waals surface area (Å²) in [7, 11) is 1.48. The van der Waals surface area contributed by atoms with Crippen LogP contribution >= 0.6 is 0 Å². The number of nitro groups is 1. The molecule has 1 aromatic rings. The quantitative estimate of drug-likeness (QED) is 0.345. The number of ether oxygens (including phenoxy) is 1. The Morgan fingerprint density at radius 3 is 2.71 bits per heavy atom. The van der Waals surface area contributed by atoms with Crippen LogP contribution in [0.3, 0.4) is 0 Å². The van der Waals surface area contributed by atoms with E-state index in [0.29, 0.717) is 24.2 Å². The number of methoxy groups -OCH3 is 1. The molecule has 0 atom stereocenters. The van der Waals surface area contributed by atoms with E-state index in [2.05, 4.69) is 4.99 Å². The summed E-state index contributed by atoms with van der Waals surface area (Å²) in [6.45, 7) is 0. The van der Waals surface area contributed by atoms with Crippen molar-refractivity contribution in [2.75, 3.05) is 7.11 Å². The van der Waals surface area contributed by atoms with Gasteiger partial charge in [0.05, 0.1) is 12.0 Å². The van der Waals surface area contributed by atoms with Gasteiger partial charge in [-0.05, 0) is 18.9 Å². The van der Waals surface area contributed by atoms with Gasteiger partial charge in [0, 0.05) is 17.7 Å². The van der Waals surface area contributed by atoms with Crippen LogP contribution in [0.1, 0.15) is 18.4 Å². The number of rotatable bonds is 4. The molecule has 0 unspecified atom stereocenters. The van der Waals surface area contributed by atoms with Gasteiger partial charge < -0.3 is 4.74 Å². The number of nitrogens with zero attached hydrogens (tertiary/aromatic N) is 2. The molecule has 6 heteroatoms. The summed E-state index contributed by atoms with van der Waals surface area (Å²) in [5.74, 6) is 0.507. The van der Waals surface area contributed by atoms with Crippen molar-refractivity contribution < 1.29 is 14.5 Å². The van der Waals surface area contributed by atoms with Gasteiger partial charge in [0.25, 0.3) is 5.69 Å². The standard InChI is InChI=1S/C11H10N2O4/c1-17-10-3-2-8(13(15)16)6-9(10)11(4-5-11)12-7-14/h2-3,6H,4-5H2,1H3. The molecule has 17 heavy (non-hydrogen) atoms. The number of benzene rings is 1. The lowest BCUT2D eigenvalue weighted by molar-refractivity contribution is -0.385. The van der Waals surface area contributed by atoms with Crippen LogP contribution in [-0.2, 0) is 10.3 Å². The van der Waals surface area contributed by atoms with Crippen LogP contribution in [0, 0.1) is 10.1 Å². The fourth-order valence-corrected chi connectivity index (χ4v) is 1.82. The zero-order chi connectivity index (χ0) is 12.5. The van der Waals surface area contributed by atoms with Crippen molar-refractivity contribution in [1.82, 2.24) is 0 Å². The van der Waals surface area contributed by atoms with E-state index < -0.39 is 10.5 Å². The van der Waals surface area contributed by atoms with Crippen LogP contribution < -0.4 is 4.74 Å². The van der Waals surface area contributed by atoms with Crippen LogP contribution in [-0.4, -0.2) is 18.1 Å². The number of nitro benzene ring substituents is 1. The van der Waals surface area contributed by atoms with E-state index in [-0.39, 0.29) is 5.69 Å². The summed E-state index contributed by atoms with van der Waals surface area (Å²) in [6.07, 6.45) is 2.88. The maximum Gasteiger partial charge on any atom is 0.270 e. The second-order valence-electron chi connectivity index (χ2n) is 3.88. The smallest absolute Gasteiger partial charge is 0.270 e. The maximum atomic E-state index is 10.7. The predicted octanol–water partition coefficient (Wildman–Crippen LogP) is 1.93. The Kier molecular flexibility index (Phi) is 2.65. The Balaban J connectivity index is 2.54. The van der Waals surface area contributed by atoms with Crippen LogP contribution in [0.5, 0.6) is 5.75 Å². The lowest BCUT2D eigenvalue weighted by Gasteiger charge is -2.12. The summed E-state index contributed by atoms with van der Waals surface area (Å²) in [6, 6.07) is 4.30. The highest BCUT2D eigenvalue weighted by Crippen LogP contribution is 2.52. The molecule has 1 aliphatic rings. The summed E-state index contributed by atoms with van der Waals surface area (Å²) in [4.78, 5) is 24.4. The fourth-order valence-electron chi connectivity index (χ4n) is 1.82. The van der Waals surface area contributed by atoms with Gasteiger partial charge in [0.2, 0.25) is 6.08 Å². The normalized spacial score (nSPS) is 15.8. The van der Waals surface area contributed by atoms with Crippen LogP contribution in [0.25, 0.3) is 0 Å². The van der Waals surface area contributed by atoms with E-state index in [1.807, 2.05) is 0 Å². The molecule has 0 heterocycles. The molecule has 0 radical (unpaired) electrons. The predicted molar refractivity (Wildman–Crippen MR) is 58.7 cm³/mol.